The number of carbonyl (C=O) groups is 1. The lowest BCUT2D eigenvalue weighted by Gasteiger charge is -2.22. The third-order valence-electron chi connectivity index (χ3n) is 5.02. The number of ketones is 1. The third kappa shape index (κ3) is 3.85. The maximum Gasteiger partial charge on any atom is 0.192 e. The topological polar surface area (TPSA) is 26.3 Å². The molecule has 27 heavy (non-hydrogen) atoms. The van der Waals surface area contributed by atoms with Crippen molar-refractivity contribution in [1.29, 1.82) is 0 Å². The normalized spacial score (nSPS) is 19.7. The summed E-state index contributed by atoms with van der Waals surface area (Å²) in [5.41, 5.74) is 3.35. The van der Waals surface area contributed by atoms with Gasteiger partial charge in [-0.25, -0.2) is 0 Å². The Bertz CT molecular complexity index is 939. The zero-order valence-corrected chi connectivity index (χ0v) is 17.8. The molecule has 0 atom stereocenters. The largest absolute Gasteiger partial charge is 0.357 e. The Balaban J connectivity index is 2.14. The van der Waals surface area contributed by atoms with Crippen molar-refractivity contribution in [3.05, 3.63) is 63.1 Å². The summed E-state index contributed by atoms with van der Waals surface area (Å²) in [6.07, 6.45) is 2.84. The van der Waals surface area contributed by atoms with Crippen LogP contribution >= 0.6 is 23.2 Å². The molecule has 0 unspecified atom stereocenters. The second-order valence-electron chi connectivity index (χ2n) is 7.90. The number of ether oxygens (including phenoxy) is 1. The molecule has 1 saturated heterocycles. The predicted octanol–water partition coefficient (Wildman–Crippen LogP) is 6.76. The van der Waals surface area contributed by atoms with Gasteiger partial charge in [-0.05, 0) is 75.1 Å². The van der Waals surface area contributed by atoms with E-state index in [1.165, 1.54) is 5.56 Å². The molecule has 142 valence electrons. The zero-order valence-electron chi connectivity index (χ0n) is 16.3. The first-order valence-corrected chi connectivity index (χ1v) is 9.86. The lowest BCUT2D eigenvalue weighted by atomic mass is 9.88. The van der Waals surface area contributed by atoms with E-state index < -0.39 is 11.2 Å². The maximum absolute atomic E-state index is 12.9. The Hall–Kier alpha value is -1.61. The highest BCUT2D eigenvalue weighted by molar-refractivity contribution is 6.36. The van der Waals surface area contributed by atoms with E-state index in [9.17, 15) is 4.79 Å². The van der Waals surface area contributed by atoms with E-state index in [0.717, 1.165) is 23.1 Å². The molecule has 4 heteroatoms. The summed E-state index contributed by atoms with van der Waals surface area (Å²) in [6, 6.07) is 11.7. The molecule has 1 aliphatic heterocycles. The van der Waals surface area contributed by atoms with Crippen molar-refractivity contribution in [2.75, 3.05) is 0 Å². The van der Waals surface area contributed by atoms with Crippen LogP contribution in [-0.2, 0) is 16.0 Å². The van der Waals surface area contributed by atoms with E-state index in [0.29, 0.717) is 15.6 Å². The molecule has 1 heterocycles. The molecule has 0 aliphatic carbocycles. The highest BCUT2D eigenvalue weighted by atomic mass is 35.5. The monoisotopic (exact) mass is 402 g/mol. The summed E-state index contributed by atoms with van der Waals surface area (Å²) in [7, 11) is 0. The first-order chi connectivity index (χ1) is 12.5. The number of hydrogen-bond acceptors (Lipinski definition) is 2. The predicted molar refractivity (Wildman–Crippen MR) is 114 cm³/mol. The van der Waals surface area contributed by atoms with Crippen LogP contribution in [0.25, 0.3) is 17.2 Å². The van der Waals surface area contributed by atoms with Gasteiger partial charge in [-0.1, -0.05) is 48.3 Å². The van der Waals surface area contributed by atoms with Gasteiger partial charge >= 0.3 is 0 Å². The molecule has 0 saturated carbocycles. The standard InChI is InChI=1S/C23H24Cl2O2/c1-6-14-7-8-15(18-10-9-17(24)13-20(18)25)11-16(14)12-19-21(26)23(4,5)27-22(19,2)3/h7-13H,6H2,1-5H3. The van der Waals surface area contributed by atoms with Gasteiger partial charge in [0.1, 0.15) is 5.60 Å². The molecular formula is C23H24Cl2O2. The van der Waals surface area contributed by atoms with Crippen molar-refractivity contribution in [3.8, 4) is 11.1 Å². The molecule has 1 fully saturated rings. The molecule has 2 aromatic rings. The Labute approximate surface area is 171 Å². The van der Waals surface area contributed by atoms with Crippen LogP contribution in [0.2, 0.25) is 10.0 Å². The van der Waals surface area contributed by atoms with Gasteiger partial charge in [0.2, 0.25) is 0 Å². The van der Waals surface area contributed by atoms with Gasteiger partial charge in [0.05, 0.1) is 5.60 Å². The van der Waals surface area contributed by atoms with Gasteiger partial charge in [-0.15, -0.1) is 0 Å². The van der Waals surface area contributed by atoms with E-state index in [1.54, 1.807) is 6.07 Å². The third-order valence-corrected chi connectivity index (χ3v) is 5.57. The fourth-order valence-corrected chi connectivity index (χ4v) is 4.19. The quantitative estimate of drug-likeness (QED) is 0.529. The summed E-state index contributed by atoms with van der Waals surface area (Å²) in [6.45, 7) is 9.63. The summed E-state index contributed by atoms with van der Waals surface area (Å²) in [4.78, 5) is 12.9. The van der Waals surface area contributed by atoms with Crippen molar-refractivity contribution in [2.24, 2.45) is 0 Å². The first kappa shape index (κ1) is 20.1. The second-order valence-corrected chi connectivity index (χ2v) is 8.74. The highest BCUT2D eigenvalue weighted by Gasteiger charge is 2.49. The zero-order chi connectivity index (χ0) is 20.0. The lowest BCUT2D eigenvalue weighted by Crippen LogP contribution is -2.29. The fraction of sp³-hybridized carbons (Fsp3) is 0.348. The number of aryl methyl sites for hydroxylation is 1. The average molecular weight is 403 g/mol. The first-order valence-electron chi connectivity index (χ1n) is 9.10. The molecule has 1 aliphatic rings. The molecule has 3 rings (SSSR count). The molecule has 0 aromatic heterocycles. The van der Waals surface area contributed by atoms with Gasteiger partial charge in [-0.3, -0.25) is 4.79 Å². The Kier molecular flexibility index (Phi) is 5.28. The molecule has 2 nitrogen and oxygen atoms in total. The van der Waals surface area contributed by atoms with Crippen molar-refractivity contribution in [1.82, 2.24) is 0 Å². The van der Waals surface area contributed by atoms with Crippen molar-refractivity contribution < 1.29 is 9.53 Å². The Morgan fingerprint density at radius 3 is 2.26 bits per heavy atom. The summed E-state index contributed by atoms with van der Waals surface area (Å²) in [5, 5.41) is 1.21. The van der Waals surface area contributed by atoms with Gasteiger partial charge < -0.3 is 4.74 Å². The van der Waals surface area contributed by atoms with Crippen molar-refractivity contribution >= 4 is 35.1 Å². The average Bonchev–Trinajstić information content (AvgIpc) is 2.72. The minimum Gasteiger partial charge on any atom is -0.357 e. The van der Waals surface area contributed by atoms with E-state index in [1.807, 2.05) is 45.9 Å². The molecule has 0 bridgehead atoms. The number of benzene rings is 2. The minimum absolute atomic E-state index is 0.0319. The van der Waals surface area contributed by atoms with E-state index in [2.05, 4.69) is 25.1 Å². The number of halogens is 2. The summed E-state index contributed by atoms with van der Waals surface area (Å²) < 4.78 is 6.00. The number of rotatable bonds is 3. The SMILES string of the molecule is CCc1ccc(-c2ccc(Cl)cc2Cl)cc1C=C1C(=O)C(C)(C)OC1(C)C. The molecule has 0 amide bonds. The molecule has 2 aromatic carbocycles. The van der Waals surface area contributed by atoms with Crippen LogP contribution in [0.5, 0.6) is 0 Å². The number of Topliss-reactive ketones (excluding diaryl/α,β-unsaturated/α-hetero) is 1. The van der Waals surface area contributed by atoms with E-state index >= 15 is 0 Å². The summed E-state index contributed by atoms with van der Waals surface area (Å²) in [5.74, 6) is 0.0319. The van der Waals surface area contributed by atoms with Crippen LogP contribution in [0.1, 0.15) is 45.7 Å². The molecule has 0 N–H and O–H groups in total. The fourth-order valence-electron chi connectivity index (χ4n) is 3.67. The molecular weight excluding hydrogens is 379 g/mol. The van der Waals surface area contributed by atoms with E-state index in [-0.39, 0.29) is 5.78 Å². The van der Waals surface area contributed by atoms with Crippen LogP contribution in [0.3, 0.4) is 0 Å². The van der Waals surface area contributed by atoms with Crippen molar-refractivity contribution in [2.45, 2.75) is 52.2 Å². The second kappa shape index (κ2) is 7.09. The van der Waals surface area contributed by atoms with Gasteiger partial charge in [0.15, 0.2) is 5.78 Å². The Morgan fingerprint density at radius 2 is 1.70 bits per heavy atom. The van der Waals surface area contributed by atoms with Gasteiger partial charge in [0.25, 0.3) is 0 Å². The van der Waals surface area contributed by atoms with Crippen LogP contribution in [0.4, 0.5) is 0 Å². The minimum atomic E-state index is -0.807. The number of hydrogen-bond donors (Lipinski definition) is 0. The van der Waals surface area contributed by atoms with Crippen LogP contribution < -0.4 is 0 Å². The summed E-state index contributed by atoms with van der Waals surface area (Å²) >= 11 is 12.4. The molecule has 0 radical (unpaired) electrons. The lowest BCUT2D eigenvalue weighted by molar-refractivity contribution is -0.132. The highest BCUT2D eigenvalue weighted by Crippen LogP contribution is 2.40. The number of carbonyl (C=O) groups excluding carboxylic acids is 1. The van der Waals surface area contributed by atoms with Crippen LogP contribution in [0.15, 0.2) is 42.0 Å². The Morgan fingerprint density at radius 1 is 1.00 bits per heavy atom. The smallest absolute Gasteiger partial charge is 0.192 e. The van der Waals surface area contributed by atoms with Crippen LogP contribution in [0, 0.1) is 0 Å². The van der Waals surface area contributed by atoms with Crippen LogP contribution in [-0.4, -0.2) is 17.0 Å². The molecule has 0 spiro atoms. The maximum atomic E-state index is 12.9. The van der Waals surface area contributed by atoms with E-state index in [4.69, 9.17) is 27.9 Å². The van der Waals surface area contributed by atoms with Gasteiger partial charge in [-0.2, -0.15) is 0 Å². The van der Waals surface area contributed by atoms with Gasteiger partial charge in [0, 0.05) is 21.2 Å². The van der Waals surface area contributed by atoms with Crippen molar-refractivity contribution in [3.63, 3.8) is 0 Å².